The third kappa shape index (κ3) is 3.41. The lowest BCUT2D eigenvalue weighted by Gasteiger charge is -2.38. The van der Waals surface area contributed by atoms with Crippen molar-refractivity contribution in [2.24, 2.45) is 0 Å². The van der Waals surface area contributed by atoms with E-state index in [1.165, 1.54) is 25.5 Å². The van der Waals surface area contributed by atoms with Crippen molar-refractivity contribution in [1.82, 2.24) is 19.3 Å². The van der Waals surface area contributed by atoms with E-state index in [1.807, 2.05) is 30.5 Å². The molecule has 7 nitrogen and oxygen atoms in total. The molecule has 8 heteroatoms. The molecule has 0 spiro atoms. The molecule has 2 aliphatic rings. The topological polar surface area (TPSA) is 65.8 Å². The zero-order valence-electron chi connectivity index (χ0n) is 17.2. The number of amides is 1. The number of piperazine rings is 1. The maximum atomic E-state index is 14.8. The highest BCUT2D eigenvalue weighted by Gasteiger charge is 2.31. The second-order valence-electron chi connectivity index (χ2n) is 8.22. The minimum atomic E-state index is -0.518. The van der Waals surface area contributed by atoms with Crippen LogP contribution in [0.1, 0.15) is 34.6 Å². The average Bonchev–Trinajstić information content (AvgIpc) is 3.33. The van der Waals surface area contributed by atoms with E-state index < -0.39 is 11.7 Å². The smallest absolute Gasteiger partial charge is 0.259 e. The molecular formula is C22H25FN6O. The molecular weight excluding hydrogens is 383 g/mol. The fourth-order valence-corrected chi connectivity index (χ4v) is 4.63. The zero-order chi connectivity index (χ0) is 20.8. The highest BCUT2D eigenvalue weighted by Crippen LogP contribution is 2.27. The van der Waals surface area contributed by atoms with Gasteiger partial charge >= 0.3 is 0 Å². The quantitative estimate of drug-likeness (QED) is 0.722. The van der Waals surface area contributed by atoms with Crippen molar-refractivity contribution in [2.45, 2.75) is 32.7 Å². The number of hydrogen-bond donors (Lipinski definition) is 1. The van der Waals surface area contributed by atoms with Crippen LogP contribution in [0.2, 0.25) is 0 Å². The van der Waals surface area contributed by atoms with Crippen molar-refractivity contribution in [2.75, 3.05) is 36.4 Å². The standard InChI is InChI=1S/C22H25FN6O/c1-14-11-29-13-20(25-15(2)21(29)24-14)26-22(30)18-6-5-16(10-19(18)23)28-9-8-27-7-3-4-17(27)12-28/h5-6,10-11,13,17H,3-4,7-9,12H2,1-2H3,(H,26,30)/t17-/m0/s1. The molecule has 4 heterocycles. The molecule has 3 aromatic rings. The van der Waals surface area contributed by atoms with Gasteiger partial charge in [-0.2, -0.15) is 0 Å². The minimum absolute atomic E-state index is 0.0135. The number of halogens is 1. The van der Waals surface area contributed by atoms with Crippen LogP contribution in [0, 0.1) is 19.7 Å². The zero-order valence-corrected chi connectivity index (χ0v) is 17.2. The molecule has 30 heavy (non-hydrogen) atoms. The highest BCUT2D eigenvalue weighted by atomic mass is 19.1. The van der Waals surface area contributed by atoms with Gasteiger partial charge in [0.05, 0.1) is 23.1 Å². The Morgan fingerprint density at radius 3 is 2.87 bits per heavy atom. The van der Waals surface area contributed by atoms with E-state index >= 15 is 0 Å². The Labute approximate surface area is 174 Å². The summed E-state index contributed by atoms with van der Waals surface area (Å²) in [6.45, 7) is 7.71. The summed E-state index contributed by atoms with van der Waals surface area (Å²) in [7, 11) is 0. The van der Waals surface area contributed by atoms with Gasteiger partial charge in [-0.15, -0.1) is 0 Å². The highest BCUT2D eigenvalue weighted by molar-refractivity contribution is 6.04. The predicted octanol–water partition coefficient (Wildman–Crippen LogP) is 3.02. The summed E-state index contributed by atoms with van der Waals surface area (Å²) in [5.41, 5.74) is 3.15. The first-order valence-electron chi connectivity index (χ1n) is 10.4. The Balaban J connectivity index is 1.33. The molecule has 1 atom stereocenters. The number of fused-ring (bicyclic) bond motifs is 2. The van der Waals surface area contributed by atoms with E-state index in [-0.39, 0.29) is 5.56 Å². The molecule has 1 N–H and O–H groups in total. The van der Waals surface area contributed by atoms with Gasteiger partial charge in [0.25, 0.3) is 5.91 Å². The lowest BCUT2D eigenvalue weighted by molar-refractivity contribution is 0.102. The number of carbonyl (C=O) groups excluding carboxylic acids is 1. The van der Waals surface area contributed by atoms with Crippen LogP contribution in [0.5, 0.6) is 0 Å². The first-order valence-corrected chi connectivity index (χ1v) is 10.4. The lowest BCUT2D eigenvalue weighted by Crippen LogP contribution is -2.50. The Morgan fingerprint density at radius 2 is 2.03 bits per heavy atom. The molecule has 0 bridgehead atoms. The molecule has 0 radical (unpaired) electrons. The molecule has 0 aliphatic carbocycles. The van der Waals surface area contributed by atoms with Gasteiger partial charge in [-0.3, -0.25) is 9.69 Å². The van der Waals surface area contributed by atoms with Gasteiger partial charge in [-0.1, -0.05) is 0 Å². The number of nitrogens with zero attached hydrogens (tertiary/aromatic N) is 5. The van der Waals surface area contributed by atoms with Crippen molar-refractivity contribution in [3.63, 3.8) is 0 Å². The number of rotatable bonds is 3. The maximum absolute atomic E-state index is 14.8. The Hall–Kier alpha value is -3.00. The SMILES string of the molecule is Cc1cn2cc(NC(=O)c3ccc(N4CCN5CCC[C@H]5C4)cc3F)nc(C)c2n1. The first kappa shape index (κ1) is 19.0. The largest absolute Gasteiger partial charge is 0.369 e. The molecule has 2 saturated heterocycles. The van der Waals surface area contributed by atoms with Crippen LogP contribution in [-0.2, 0) is 0 Å². The first-order chi connectivity index (χ1) is 14.5. The van der Waals surface area contributed by atoms with E-state index in [4.69, 9.17) is 0 Å². The number of hydrogen-bond acceptors (Lipinski definition) is 5. The number of aromatic nitrogens is 3. The fourth-order valence-electron chi connectivity index (χ4n) is 4.63. The molecule has 5 rings (SSSR count). The third-order valence-corrected chi connectivity index (χ3v) is 6.12. The van der Waals surface area contributed by atoms with Crippen molar-refractivity contribution in [3.05, 3.63) is 53.4 Å². The van der Waals surface area contributed by atoms with Gasteiger partial charge in [0.1, 0.15) is 11.6 Å². The van der Waals surface area contributed by atoms with Crippen molar-refractivity contribution in [3.8, 4) is 0 Å². The monoisotopic (exact) mass is 408 g/mol. The van der Waals surface area contributed by atoms with E-state index in [0.29, 0.717) is 17.6 Å². The van der Waals surface area contributed by atoms with Crippen LogP contribution in [0.3, 0.4) is 0 Å². The number of anilines is 2. The van der Waals surface area contributed by atoms with E-state index in [2.05, 4.69) is 25.1 Å². The van der Waals surface area contributed by atoms with Crippen LogP contribution in [-0.4, -0.2) is 57.4 Å². The normalized spacial score (nSPS) is 19.3. The molecule has 1 aromatic carbocycles. The summed E-state index contributed by atoms with van der Waals surface area (Å²) in [6, 6.07) is 5.43. The predicted molar refractivity (Wildman–Crippen MR) is 114 cm³/mol. The Morgan fingerprint density at radius 1 is 1.17 bits per heavy atom. The van der Waals surface area contributed by atoms with Crippen LogP contribution >= 0.6 is 0 Å². The van der Waals surface area contributed by atoms with Crippen LogP contribution < -0.4 is 10.2 Å². The van der Waals surface area contributed by atoms with E-state index in [9.17, 15) is 9.18 Å². The third-order valence-electron chi connectivity index (χ3n) is 6.12. The molecule has 0 unspecified atom stereocenters. The minimum Gasteiger partial charge on any atom is -0.369 e. The molecule has 156 valence electrons. The van der Waals surface area contributed by atoms with Crippen molar-refractivity contribution in [1.29, 1.82) is 0 Å². The van der Waals surface area contributed by atoms with Crippen LogP contribution in [0.4, 0.5) is 15.9 Å². The van der Waals surface area contributed by atoms with Gasteiger partial charge in [-0.25, -0.2) is 14.4 Å². The van der Waals surface area contributed by atoms with Gasteiger partial charge < -0.3 is 14.6 Å². The summed E-state index contributed by atoms with van der Waals surface area (Å²) in [4.78, 5) is 26.2. The summed E-state index contributed by atoms with van der Waals surface area (Å²) in [5.74, 6) is -0.666. The Bertz CT molecular complexity index is 1130. The van der Waals surface area contributed by atoms with Crippen molar-refractivity contribution < 1.29 is 9.18 Å². The van der Waals surface area contributed by atoms with Crippen molar-refractivity contribution >= 4 is 23.1 Å². The molecule has 2 aromatic heterocycles. The molecule has 2 fully saturated rings. The molecule has 1 amide bonds. The fraction of sp³-hybridized carbons (Fsp3) is 0.409. The number of nitrogens with one attached hydrogen (secondary N) is 1. The van der Waals surface area contributed by atoms with Gasteiger partial charge in [0, 0.05) is 37.6 Å². The number of imidazole rings is 1. The van der Waals surface area contributed by atoms with E-state index in [1.54, 1.807) is 12.3 Å². The van der Waals surface area contributed by atoms with E-state index in [0.717, 1.165) is 36.7 Å². The van der Waals surface area contributed by atoms with Gasteiger partial charge in [-0.05, 0) is 51.4 Å². The summed E-state index contributed by atoms with van der Waals surface area (Å²) < 4.78 is 16.6. The average molecular weight is 408 g/mol. The van der Waals surface area contributed by atoms with Crippen LogP contribution in [0.25, 0.3) is 5.65 Å². The van der Waals surface area contributed by atoms with Gasteiger partial charge in [0.2, 0.25) is 0 Å². The summed E-state index contributed by atoms with van der Waals surface area (Å²) in [6.07, 6.45) is 5.99. The number of benzene rings is 1. The maximum Gasteiger partial charge on any atom is 0.259 e. The summed E-state index contributed by atoms with van der Waals surface area (Å²) in [5, 5.41) is 2.71. The lowest BCUT2D eigenvalue weighted by atomic mass is 10.1. The van der Waals surface area contributed by atoms with Crippen LogP contribution in [0.15, 0.2) is 30.6 Å². The number of aryl methyl sites for hydroxylation is 2. The summed E-state index contributed by atoms with van der Waals surface area (Å²) >= 11 is 0. The number of carbonyl (C=O) groups is 1. The second kappa shape index (κ2) is 7.36. The molecule has 0 saturated carbocycles. The Kier molecular flexibility index (Phi) is 4.66. The molecule has 2 aliphatic heterocycles. The second-order valence-corrected chi connectivity index (χ2v) is 8.22. The van der Waals surface area contributed by atoms with Gasteiger partial charge in [0.15, 0.2) is 5.65 Å².